The lowest BCUT2D eigenvalue weighted by atomic mass is 10.0. The first-order valence-electron chi connectivity index (χ1n) is 12.3. The average molecular weight is 489 g/mol. The van der Waals surface area contributed by atoms with Gasteiger partial charge in [-0.15, -0.1) is 0 Å². The van der Waals surface area contributed by atoms with Gasteiger partial charge < -0.3 is 19.7 Å². The highest BCUT2D eigenvalue weighted by Gasteiger charge is 2.31. The number of methoxy groups -OCH3 is 2. The summed E-state index contributed by atoms with van der Waals surface area (Å²) < 4.78 is 10.5. The Morgan fingerprint density at radius 3 is 1.86 bits per heavy atom. The van der Waals surface area contributed by atoms with Gasteiger partial charge in [-0.1, -0.05) is 68.4 Å². The maximum absolute atomic E-state index is 13.6. The molecule has 0 aliphatic rings. The quantitative estimate of drug-likeness (QED) is 0.403. The van der Waals surface area contributed by atoms with Gasteiger partial charge in [-0.25, -0.2) is 0 Å². The summed E-state index contributed by atoms with van der Waals surface area (Å²) in [6.07, 6.45) is 1.12. The molecule has 0 saturated heterocycles. The third kappa shape index (κ3) is 7.60. The summed E-state index contributed by atoms with van der Waals surface area (Å²) in [6, 6.07) is 24.6. The lowest BCUT2D eigenvalue weighted by molar-refractivity contribution is -0.143. The zero-order chi connectivity index (χ0) is 25.9. The van der Waals surface area contributed by atoms with Crippen LogP contribution in [-0.4, -0.2) is 43.5 Å². The molecule has 1 unspecified atom stereocenters. The molecular formula is C30H36N2O4. The van der Waals surface area contributed by atoms with Gasteiger partial charge in [0.2, 0.25) is 11.8 Å². The molecule has 36 heavy (non-hydrogen) atoms. The monoisotopic (exact) mass is 488 g/mol. The minimum absolute atomic E-state index is 0.0583. The van der Waals surface area contributed by atoms with Crippen LogP contribution in [0.1, 0.15) is 30.5 Å². The minimum atomic E-state index is -0.639. The molecule has 0 aromatic heterocycles. The number of ether oxygens (including phenoxy) is 2. The molecule has 0 aliphatic carbocycles. The lowest BCUT2D eigenvalue weighted by Crippen LogP contribution is -2.51. The van der Waals surface area contributed by atoms with Crippen LogP contribution >= 0.6 is 0 Å². The number of benzene rings is 3. The maximum Gasteiger partial charge on any atom is 0.243 e. The number of hydrogen-bond donors (Lipinski definition) is 1. The van der Waals surface area contributed by atoms with E-state index in [-0.39, 0.29) is 17.7 Å². The van der Waals surface area contributed by atoms with Crippen molar-refractivity contribution in [2.45, 2.75) is 39.3 Å². The van der Waals surface area contributed by atoms with Crippen LogP contribution in [0.25, 0.3) is 0 Å². The summed E-state index contributed by atoms with van der Waals surface area (Å²) in [5, 5.41) is 3.07. The van der Waals surface area contributed by atoms with Crippen molar-refractivity contribution in [1.29, 1.82) is 0 Å². The lowest BCUT2D eigenvalue weighted by Gasteiger charge is -2.33. The standard InChI is InChI=1S/C30H36N2O4/c1-22(2)30(34)32(21-25-12-16-27(36-4)17-13-25)28(20-24-8-6-5-7-9-24)29(33)31-19-18-23-10-14-26(35-3)15-11-23/h5-17,22,28H,18-21H2,1-4H3,(H,31,33). The molecular weight excluding hydrogens is 452 g/mol. The maximum atomic E-state index is 13.6. The van der Waals surface area contributed by atoms with E-state index in [1.165, 1.54) is 0 Å². The highest BCUT2D eigenvalue weighted by atomic mass is 16.5. The van der Waals surface area contributed by atoms with Crippen molar-refractivity contribution in [1.82, 2.24) is 10.2 Å². The van der Waals surface area contributed by atoms with Gasteiger partial charge in [-0.2, -0.15) is 0 Å². The molecule has 0 radical (unpaired) electrons. The van der Waals surface area contributed by atoms with Gasteiger partial charge in [-0.05, 0) is 47.4 Å². The van der Waals surface area contributed by atoms with Gasteiger partial charge in [-0.3, -0.25) is 9.59 Å². The number of carbonyl (C=O) groups is 2. The highest BCUT2D eigenvalue weighted by Crippen LogP contribution is 2.19. The molecule has 2 amide bonds. The van der Waals surface area contributed by atoms with Gasteiger partial charge in [0.1, 0.15) is 17.5 Å². The fraction of sp³-hybridized carbons (Fsp3) is 0.333. The Bertz CT molecular complexity index is 1100. The van der Waals surface area contributed by atoms with Crippen molar-refractivity contribution < 1.29 is 19.1 Å². The third-order valence-electron chi connectivity index (χ3n) is 6.11. The highest BCUT2D eigenvalue weighted by molar-refractivity contribution is 5.88. The van der Waals surface area contributed by atoms with Gasteiger partial charge in [0.05, 0.1) is 14.2 Å². The first-order chi connectivity index (χ1) is 17.4. The number of amides is 2. The van der Waals surface area contributed by atoms with Crippen molar-refractivity contribution in [2.24, 2.45) is 5.92 Å². The predicted octanol–water partition coefficient (Wildman–Crippen LogP) is 4.66. The zero-order valence-electron chi connectivity index (χ0n) is 21.6. The van der Waals surface area contributed by atoms with Crippen LogP contribution < -0.4 is 14.8 Å². The minimum Gasteiger partial charge on any atom is -0.497 e. The second kappa shape index (κ2) is 13.3. The average Bonchev–Trinajstić information content (AvgIpc) is 2.91. The Morgan fingerprint density at radius 1 is 0.778 bits per heavy atom. The topological polar surface area (TPSA) is 67.9 Å². The number of carbonyl (C=O) groups excluding carboxylic acids is 2. The molecule has 6 heteroatoms. The summed E-state index contributed by atoms with van der Waals surface area (Å²) in [4.78, 5) is 28.6. The Morgan fingerprint density at radius 2 is 1.33 bits per heavy atom. The molecule has 1 atom stereocenters. The van der Waals surface area contributed by atoms with Crippen molar-refractivity contribution >= 4 is 11.8 Å². The first-order valence-corrected chi connectivity index (χ1v) is 12.3. The van der Waals surface area contributed by atoms with Crippen LogP contribution in [0.3, 0.4) is 0 Å². The molecule has 0 fully saturated rings. The van der Waals surface area contributed by atoms with E-state index in [2.05, 4.69) is 5.32 Å². The molecule has 0 heterocycles. The van der Waals surface area contributed by atoms with Crippen molar-refractivity contribution in [3.05, 3.63) is 95.6 Å². The van der Waals surface area contributed by atoms with Crippen LogP contribution in [0, 0.1) is 5.92 Å². The SMILES string of the molecule is COc1ccc(CCNC(=O)C(Cc2ccccc2)N(Cc2ccc(OC)cc2)C(=O)C(C)C)cc1. The molecule has 3 rings (SSSR count). The van der Waals surface area contributed by atoms with Crippen molar-refractivity contribution in [3.63, 3.8) is 0 Å². The largest absolute Gasteiger partial charge is 0.497 e. The normalized spacial score (nSPS) is 11.6. The molecule has 0 spiro atoms. The summed E-state index contributed by atoms with van der Waals surface area (Å²) in [7, 11) is 3.26. The Hall–Kier alpha value is -3.80. The van der Waals surface area contributed by atoms with E-state index < -0.39 is 6.04 Å². The Kier molecular flexibility index (Phi) is 9.92. The molecule has 190 valence electrons. The van der Waals surface area contributed by atoms with E-state index in [9.17, 15) is 9.59 Å². The van der Waals surface area contributed by atoms with Crippen molar-refractivity contribution in [2.75, 3.05) is 20.8 Å². The number of rotatable bonds is 12. The van der Waals surface area contributed by atoms with Gasteiger partial charge >= 0.3 is 0 Å². The van der Waals surface area contributed by atoms with E-state index in [0.29, 0.717) is 25.9 Å². The van der Waals surface area contributed by atoms with Crippen molar-refractivity contribution in [3.8, 4) is 11.5 Å². The second-order valence-electron chi connectivity index (χ2n) is 9.06. The third-order valence-corrected chi connectivity index (χ3v) is 6.11. The summed E-state index contributed by atoms with van der Waals surface area (Å²) >= 11 is 0. The van der Waals surface area contributed by atoms with E-state index in [0.717, 1.165) is 28.2 Å². The molecule has 0 aliphatic heterocycles. The molecule has 1 N–H and O–H groups in total. The first kappa shape index (κ1) is 26.8. The van der Waals surface area contributed by atoms with E-state index in [1.54, 1.807) is 19.1 Å². The number of hydrogen-bond acceptors (Lipinski definition) is 4. The predicted molar refractivity (Wildman–Crippen MR) is 142 cm³/mol. The van der Waals surface area contributed by atoms with E-state index in [4.69, 9.17) is 9.47 Å². The molecule has 0 saturated carbocycles. The summed E-state index contributed by atoms with van der Waals surface area (Å²) in [5.41, 5.74) is 3.04. The molecule has 6 nitrogen and oxygen atoms in total. The second-order valence-corrected chi connectivity index (χ2v) is 9.06. The summed E-state index contributed by atoms with van der Waals surface area (Å²) in [6.45, 7) is 4.54. The van der Waals surface area contributed by atoms with Gasteiger partial charge in [0.25, 0.3) is 0 Å². The van der Waals surface area contributed by atoms with Crippen LogP contribution in [-0.2, 0) is 29.0 Å². The summed E-state index contributed by atoms with van der Waals surface area (Å²) in [5.74, 6) is 1.09. The van der Waals surface area contributed by atoms with Gasteiger partial charge in [0.15, 0.2) is 0 Å². The fourth-order valence-electron chi connectivity index (χ4n) is 4.02. The smallest absolute Gasteiger partial charge is 0.243 e. The van der Waals surface area contributed by atoms with Crippen LogP contribution in [0.4, 0.5) is 0 Å². The molecule has 3 aromatic carbocycles. The Balaban J connectivity index is 1.81. The fourth-order valence-corrected chi connectivity index (χ4v) is 4.02. The van der Waals surface area contributed by atoms with E-state index >= 15 is 0 Å². The van der Waals surface area contributed by atoms with Gasteiger partial charge in [0, 0.05) is 25.4 Å². The number of nitrogens with zero attached hydrogens (tertiary/aromatic N) is 1. The zero-order valence-corrected chi connectivity index (χ0v) is 21.6. The van der Waals surface area contributed by atoms with Crippen LogP contribution in [0.5, 0.6) is 11.5 Å². The van der Waals surface area contributed by atoms with Crippen LogP contribution in [0.15, 0.2) is 78.9 Å². The van der Waals surface area contributed by atoms with E-state index in [1.807, 2.05) is 92.7 Å². The molecule has 3 aromatic rings. The van der Waals surface area contributed by atoms with Crippen LogP contribution in [0.2, 0.25) is 0 Å². The Labute approximate surface area is 214 Å². The number of nitrogens with one attached hydrogen (secondary N) is 1. The molecule has 0 bridgehead atoms.